The number of carbonyl (C=O) groups is 1. The van der Waals surface area contributed by atoms with Crippen LogP contribution >= 0.6 is 11.6 Å². The molecule has 0 N–H and O–H groups in total. The molecule has 1 amide bonds. The molecule has 0 saturated carbocycles. The highest BCUT2D eigenvalue weighted by molar-refractivity contribution is 7.85. The second-order valence-corrected chi connectivity index (χ2v) is 8.23. The molecule has 1 fully saturated rings. The standard InChI is InChI=1S/C14H20ClN3O3S/c1-14(2,3)21-13(19)18-8-6-10(7-9-18)22(20)12-5-4-11(15)16-17-12/h4-5,10H,6-9H2,1-3H3/t22-/m1/s1. The van der Waals surface area contributed by atoms with Crippen molar-refractivity contribution in [2.75, 3.05) is 13.1 Å². The summed E-state index contributed by atoms with van der Waals surface area (Å²) < 4.78 is 17.8. The maximum absolute atomic E-state index is 12.4. The molecule has 0 spiro atoms. The van der Waals surface area contributed by atoms with E-state index < -0.39 is 16.4 Å². The van der Waals surface area contributed by atoms with Crippen LogP contribution in [-0.4, -0.2) is 49.3 Å². The molecule has 0 unspecified atom stereocenters. The van der Waals surface area contributed by atoms with Crippen molar-refractivity contribution in [1.82, 2.24) is 15.1 Å². The topological polar surface area (TPSA) is 72.4 Å². The molecule has 22 heavy (non-hydrogen) atoms. The molecule has 1 aliphatic rings. The lowest BCUT2D eigenvalue weighted by atomic mass is 10.1. The number of halogens is 1. The van der Waals surface area contributed by atoms with Crippen molar-refractivity contribution < 1.29 is 13.7 Å². The quantitative estimate of drug-likeness (QED) is 0.823. The van der Waals surface area contributed by atoms with Crippen LogP contribution in [0.3, 0.4) is 0 Å². The van der Waals surface area contributed by atoms with Crippen LogP contribution in [0.5, 0.6) is 0 Å². The molecule has 0 aliphatic carbocycles. The number of piperidine rings is 1. The lowest BCUT2D eigenvalue weighted by Gasteiger charge is -2.32. The first-order chi connectivity index (χ1) is 10.3. The van der Waals surface area contributed by atoms with Crippen LogP contribution in [0.15, 0.2) is 17.2 Å². The number of nitrogens with zero attached hydrogens (tertiary/aromatic N) is 3. The van der Waals surface area contributed by atoms with Gasteiger partial charge in [-0.05, 0) is 45.7 Å². The number of amides is 1. The number of rotatable bonds is 2. The Morgan fingerprint density at radius 2 is 1.95 bits per heavy atom. The van der Waals surface area contributed by atoms with Gasteiger partial charge in [0.05, 0.1) is 10.8 Å². The molecule has 0 bridgehead atoms. The van der Waals surface area contributed by atoms with Gasteiger partial charge in [0.25, 0.3) is 0 Å². The number of aromatic nitrogens is 2. The van der Waals surface area contributed by atoms with Gasteiger partial charge in [-0.1, -0.05) is 11.6 Å². The predicted molar refractivity (Wildman–Crippen MR) is 84.3 cm³/mol. The van der Waals surface area contributed by atoms with E-state index in [2.05, 4.69) is 10.2 Å². The minimum absolute atomic E-state index is 0.0332. The smallest absolute Gasteiger partial charge is 0.410 e. The molecule has 1 atom stereocenters. The summed E-state index contributed by atoms with van der Waals surface area (Å²) >= 11 is 5.68. The second-order valence-electron chi connectivity index (χ2n) is 6.16. The first-order valence-corrected chi connectivity index (χ1v) is 8.73. The van der Waals surface area contributed by atoms with Crippen molar-refractivity contribution in [2.24, 2.45) is 0 Å². The van der Waals surface area contributed by atoms with Gasteiger partial charge in [-0.25, -0.2) is 4.79 Å². The van der Waals surface area contributed by atoms with E-state index >= 15 is 0 Å². The fourth-order valence-corrected chi connectivity index (χ4v) is 3.57. The van der Waals surface area contributed by atoms with Gasteiger partial charge in [0.2, 0.25) is 0 Å². The highest BCUT2D eigenvalue weighted by atomic mass is 35.5. The van der Waals surface area contributed by atoms with Crippen molar-refractivity contribution in [1.29, 1.82) is 0 Å². The van der Waals surface area contributed by atoms with Crippen LogP contribution in [0.1, 0.15) is 33.6 Å². The maximum Gasteiger partial charge on any atom is 0.410 e. The maximum atomic E-state index is 12.4. The second kappa shape index (κ2) is 6.91. The highest BCUT2D eigenvalue weighted by Gasteiger charge is 2.30. The van der Waals surface area contributed by atoms with E-state index in [1.807, 2.05) is 20.8 Å². The van der Waals surface area contributed by atoms with E-state index in [1.165, 1.54) is 0 Å². The average Bonchev–Trinajstić information content (AvgIpc) is 2.46. The Kier molecular flexibility index (Phi) is 5.39. The summed E-state index contributed by atoms with van der Waals surface area (Å²) in [6.07, 6.45) is 0.981. The fraction of sp³-hybridized carbons (Fsp3) is 0.643. The van der Waals surface area contributed by atoms with E-state index in [-0.39, 0.29) is 16.5 Å². The summed E-state index contributed by atoms with van der Waals surface area (Å²) in [4.78, 5) is 13.6. The van der Waals surface area contributed by atoms with Crippen molar-refractivity contribution in [3.63, 3.8) is 0 Å². The Morgan fingerprint density at radius 1 is 1.32 bits per heavy atom. The molecule has 1 aromatic heterocycles. The van der Waals surface area contributed by atoms with E-state index in [1.54, 1.807) is 17.0 Å². The zero-order chi connectivity index (χ0) is 16.3. The zero-order valence-electron chi connectivity index (χ0n) is 12.9. The Labute approximate surface area is 137 Å². The molecule has 1 aliphatic heterocycles. The number of carbonyl (C=O) groups excluding carboxylic acids is 1. The Bertz CT molecular complexity index is 551. The van der Waals surface area contributed by atoms with Gasteiger partial charge in [-0.2, -0.15) is 0 Å². The van der Waals surface area contributed by atoms with E-state index in [0.29, 0.717) is 31.0 Å². The lowest BCUT2D eigenvalue weighted by molar-refractivity contribution is 0.0218. The first-order valence-electron chi connectivity index (χ1n) is 7.14. The third-order valence-electron chi connectivity index (χ3n) is 3.21. The minimum atomic E-state index is -1.24. The number of hydrogen-bond donors (Lipinski definition) is 0. The van der Waals surface area contributed by atoms with Crippen molar-refractivity contribution >= 4 is 28.5 Å². The van der Waals surface area contributed by atoms with Gasteiger partial charge >= 0.3 is 6.09 Å². The Morgan fingerprint density at radius 3 is 2.45 bits per heavy atom. The summed E-state index contributed by atoms with van der Waals surface area (Å²) in [5, 5.41) is 8.26. The molecule has 6 nitrogen and oxygen atoms in total. The van der Waals surface area contributed by atoms with Gasteiger partial charge in [-0.15, -0.1) is 10.2 Å². The minimum Gasteiger partial charge on any atom is -0.444 e. The van der Waals surface area contributed by atoms with E-state index in [0.717, 1.165) is 0 Å². The summed E-state index contributed by atoms with van der Waals surface area (Å²) in [7, 11) is -1.24. The van der Waals surface area contributed by atoms with Crippen LogP contribution in [-0.2, 0) is 15.5 Å². The fourth-order valence-electron chi connectivity index (χ4n) is 2.16. The molecule has 2 heterocycles. The predicted octanol–water partition coefficient (Wildman–Crippen LogP) is 2.64. The molecular weight excluding hydrogens is 326 g/mol. The van der Waals surface area contributed by atoms with Crippen LogP contribution in [0.25, 0.3) is 0 Å². The lowest BCUT2D eigenvalue weighted by Crippen LogP contribution is -2.43. The van der Waals surface area contributed by atoms with Gasteiger partial charge in [0.15, 0.2) is 5.15 Å². The Hall–Kier alpha value is -1.21. The van der Waals surface area contributed by atoms with Crippen molar-refractivity contribution in [2.45, 2.75) is 49.5 Å². The molecule has 0 radical (unpaired) electrons. The molecule has 8 heteroatoms. The molecule has 0 aromatic carbocycles. The van der Waals surface area contributed by atoms with E-state index in [4.69, 9.17) is 16.3 Å². The van der Waals surface area contributed by atoms with E-state index in [9.17, 15) is 9.00 Å². The first kappa shape index (κ1) is 17.1. The molecule has 2 rings (SSSR count). The largest absolute Gasteiger partial charge is 0.444 e. The molecule has 1 saturated heterocycles. The van der Waals surface area contributed by atoms with Gasteiger partial charge in [0, 0.05) is 18.3 Å². The monoisotopic (exact) mass is 345 g/mol. The molecule has 1 aromatic rings. The zero-order valence-corrected chi connectivity index (χ0v) is 14.5. The summed E-state index contributed by atoms with van der Waals surface area (Å²) in [6, 6.07) is 3.21. The van der Waals surface area contributed by atoms with Crippen LogP contribution in [0, 0.1) is 0 Å². The van der Waals surface area contributed by atoms with Crippen LogP contribution in [0.2, 0.25) is 5.15 Å². The molecular formula is C14H20ClN3O3S. The van der Waals surface area contributed by atoms with Gasteiger partial charge in [-0.3, -0.25) is 4.21 Å². The SMILES string of the molecule is CC(C)(C)OC(=O)N1CCC([S@@](=O)c2ccc(Cl)nn2)CC1. The average molecular weight is 346 g/mol. The normalized spacial score (nSPS) is 18.1. The van der Waals surface area contributed by atoms with Gasteiger partial charge < -0.3 is 9.64 Å². The third-order valence-corrected chi connectivity index (χ3v) is 5.12. The highest BCUT2D eigenvalue weighted by Crippen LogP contribution is 2.21. The number of hydrogen-bond acceptors (Lipinski definition) is 5. The number of likely N-dealkylation sites (tertiary alicyclic amines) is 1. The third kappa shape index (κ3) is 4.64. The summed E-state index contributed by atoms with van der Waals surface area (Å²) in [6.45, 7) is 6.59. The van der Waals surface area contributed by atoms with Crippen molar-refractivity contribution in [3.05, 3.63) is 17.3 Å². The summed E-state index contributed by atoms with van der Waals surface area (Å²) in [5.41, 5.74) is -0.504. The Balaban J connectivity index is 1.90. The molecule has 122 valence electrons. The number of ether oxygens (including phenoxy) is 1. The van der Waals surface area contributed by atoms with Crippen LogP contribution in [0.4, 0.5) is 4.79 Å². The summed E-state index contributed by atoms with van der Waals surface area (Å²) in [5.74, 6) is 0. The van der Waals surface area contributed by atoms with Gasteiger partial charge in [0.1, 0.15) is 10.6 Å². The van der Waals surface area contributed by atoms with Crippen LogP contribution < -0.4 is 0 Å². The van der Waals surface area contributed by atoms with Crippen molar-refractivity contribution in [3.8, 4) is 0 Å².